The normalized spacial score (nSPS) is 18.0. The zero-order chi connectivity index (χ0) is 12.3. The third kappa shape index (κ3) is 3.22. The van der Waals surface area contributed by atoms with Gasteiger partial charge in [-0.1, -0.05) is 12.8 Å². The van der Waals surface area contributed by atoms with Crippen molar-refractivity contribution in [3.8, 4) is 0 Å². The molecule has 0 amide bonds. The first-order valence-electron chi connectivity index (χ1n) is 6.23. The Bertz CT molecular complexity index is 382. The first kappa shape index (κ1) is 12.4. The molecule has 1 atom stereocenters. The molecule has 1 fully saturated rings. The zero-order valence-corrected chi connectivity index (χ0v) is 10.8. The van der Waals surface area contributed by atoms with Crippen molar-refractivity contribution >= 4 is 22.5 Å². The monoisotopic (exact) mass is 251 g/mol. The predicted octanol–water partition coefficient (Wildman–Crippen LogP) is 4.06. The number of carbonyl (C=O) groups excluding carboxylic acids is 1. The molecule has 1 aromatic carbocycles. The molecular weight excluding hydrogens is 234 g/mol. The van der Waals surface area contributed by atoms with Crippen LogP contribution in [0.1, 0.15) is 43.0 Å². The molecule has 1 aliphatic carbocycles. The molecule has 0 bridgehead atoms. The Morgan fingerprint density at radius 1 is 1.29 bits per heavy atom. The lowest BCUT2D eigenvalue weighted by atomic mass is 9.99. The Balaban J connectivity index is 1.96. The minimum Gasteiger partial charge on any atom is -0.382 e. The summed E-state index contributed by atoms with van der Waals surface area (Å²) in [6.45, 7) is 2.23. The fraction of sp³-hybridized carbons (Fsp3) is 0.500. The smallest absolute Gasteiger partial charge is 0.252 e. The van der Waals surface area contributed by atoms with Crippen LogP contribution in [-0.2, 0) is 0 Å². The average molecular weight is 252 g/mol. The summed E-state index contributed by atoms with van der Waals surface area (Å²) in [4.78, 5) is 10.9. The highest BCUT2D eigenvalue weighted by Gasteiger charge is 2.21. The molecule has 1 N–H and O–H groups in total. The van der Waals surface area contributed by atoms with Crippen LogP contribution in [0.3, 0.4) is 0 Å². The van der Waals surface area contributed by atoms with Crippen molar-refractivity contribution in [2.45, 2.75) is 38.6 Å². The highest BCUT2D eigenvalue weighted by Crippen LogP contribution is 2.29. The summed E-state index contributed by atoms with van der Waals surface area (Å²) in [5, 5.41) is 3.09. The van der Waals surface area contributed by atoms with Crippen LogP contribution in [0.4, 0.5) is 5.69 Å². The van der Waals surface area contributed by atoms with Crippen molar-refractivity contribution in [2.24, 2.45) is 5.92 Å². The van der Waals surface area contributed by atoms with Crippen LogP contribution in [0.2, 0.25) is 0 Å². The van der Waals surface area contributed by atoms with Gasteiger partial charge in [0, 0.05) is 17.3 Å². The van der Waals surface area contributed by atoms with Gasteiger partial charge in [0.1, 0.15) is 0 Å². The van der Waals surface area contributed by atoms with Gasteiger partial charge >= 0.3 is 0 Å². The maximum Gasteiger partial charge on any atom is 0.252 e. The zero-order valence-electron chi connectivity index (χ0n) is 10.1. The molecule has 17 heavy (non-hydrogen) atoms. The third-order valence-corrected chi connectivity index (χ3v) is 3.83. The number of benzene rings is 1. The fourth-order valence-electron chi connectivity index (χ4n) is 2.54. The Labute approximate surface area is 107 Å². The molecule has 1 aliphatic rings. The van der Waals surface area contributed by atoms with Crippen LogP contribution < -0.4 is 5.32 Å². The molecule has 0 aliphatic heterocycles. The van der Waals surface area contributed by atoms with Gasteiger partial charge in [-0.15, -0.1) is 0 Å². The summed E-state index contributed by atoms with van der Waals surface area (Å²) in [5.74, 6) is 0.782. The molecule has 1 aromatic rings. The van der Waals surface area contributed by atoms with Crippen molar-refractivity contribution in [3.05, 3.63) is 29.8 Å². The predicted molar refractivity (Wildman–Crippen MR) is 71.7 cm³/mol. The van der Waals surface area contributed by atoms with E-state index < -0.39 is 5.24 Å². The van der Waals surface area contributed by atoms with Gasteiger partial charge in [-0.3, -0.25) is 4.79 Å². The summed E-state index contributed by atoms with van der Waals surface area (Å²) >= 11 is 5.41. The molecule has 3 heteroatoms. The van der Waals surface area contributed by atoms with Gasteiger partial charge in [-0.05, 0) is 61.5 Å². The highest BCUT2D eigenvalue weighted by molar-refractivity contribution is 6.67. The molecule has 1 unspecified atom stereocenters. The average Bonchev–Trinajstić information content (AvgIpc) is 2.83. The summed E-state index contributed by atoms with van der Waals surface area (Å²) < 4.78 is 0. The lowest BCUT2D eigenvalue weighted by Gasteiger charge is -2.21. The summed E-state index contributed by atoms with van der Waals surface area (Å²) in [6.07, 6.45) is 5.37. The highest BCUT2D eigenvalue weighted by atomic mass is 35.5. The van der Waals surface area contributed by atoms with Crippen LogP contribution in [0.5, 0.6) is 0 Å². The number of hydrogen-bond acceptors (Lipinski definition) is 2. The molecule has 1 saturated carbocycles. The van der Waals surface area contributed by atoms with Crippen molar-refractivity contribution in [1.82, 2.24) is 0 Å². The van der Waals surface area contributed by atoms with Crippen LogP contribution in [0.15, 0.2) is 24.3 Å². The van der Waals surface area contributed by atoms with Gasteiger partial charge in [0.25, 0.3) is 5.24 Å². The van der Waals surface area contributed by atoms with E-state index in [4.69, 9.17) is 11.6 Å². The molecule has 0 spiro atoms. The molecule has 92 valence electrons. The van der Waals surface area contributed by atoms with E-state index in [0.717, 1.165) is 11.6 Å². The molecule has 0 aromatic heterocycles. The topological polar surface area (TPSA) is 29.1 Å². The maximum absolute atomic E-state index is 10.9. The molecule has 0 radical (unpaired) electrons. The van der Waals surface area contributed by atoms with Crippen molar-refractivity contribution < 1.29 is 4.79 Å². The van der Waals surface area contributed by atoms with Gasteiger partial charge in [-0.2, -0.15) is 0 Å². The largest absolute Gasteiger partial charge is 0.382 e. The second-order valence-corrected chi connectivity index (χ2v) is 5.17. The Kier molecular flexibility index (Phi) is 4.06. The van der Waals surface area contributed by atoms with Crippen LogP contribution in [0.25, 0.3) is 0 Å². The SMILES string of the molecule is CC(Nc1ccc(C(=O)Cl)cc1)C1CCCC1. The molecule has 0 saturated heterocycles. The maximum atomic E-state index is 10.9. The van der Waals surface area contributed by atoms with E-state index in [2.05, 4.69) is 12.2 Å². The van der Waals surface area contributed by atoms with Crippen molar-refractivity contribution in [1.29, 1.82) is 0 Å². The van der Waals surface area contributed by atoms with Gasteiger partial charge in [0.2, 0.25) is 0 Å². The Hall–Kier alpha value is -1.02. The minimum absolute atomic E-state index is 0.402. The minimum atomic E-state index is -0.402. The molecule has 2 rings (SSSR count). The number of nitrogens with one attached hydrogen (secondary N) is 1. The molecule has 2 nitrogen and oxygen atoms in total. The fourth-order valence-corrected chi connectivity index (χ4v) is 2.66. The number of rotatable bonds is 4. The number of halogens is 1. The van der Waals surface area contributed by atoms with E-state index in [1.54, 1.807) is 12.1 Å². The van der Waals surface area contributed by atoms with E-state index in [-0.39, 0.29) is 0 Å². The standard InChI is InChI=1S/C14H18ClNO/c1-10(11-4-2-3-5-11)16-13-8-6-12(7-9-13)14(15)17/h6-11,16H,2-5H2,1H3. The summed E-state index contributed by atoms with van der Waals surface area (Å²) in [5.41, 5.74) is 1.61. The van der Waals surface area contributed by atoms with E-state index >= 15 is 0 Å². The van der Waals surface area contributed by atoms with Crippen LogP contribution in [0, 0.1) is 5.92 Å². The number of hydrogen-bond donors (Lipinski definition) is 1. The van der Waals surface area contributed by atoms with E-state index in [1.807, 2.05) is 12.1 Å². The van der Waals surface area contributed by atoms with E-state index in [1.165, 1.54) is 25.7 Å². The van der Waals surface area contributed by atoms with Gasteiger partial charge in [0.15, 0.2) is 0 Å². The lowest BCUT2D eigenvalue weighted by molar-refractivity contribution is 0.108. The molecule has 0 heterocycles. The second-order valence-electron chi connectivity index (χ2n) is 4.83. The third-order valence-electron chi connectivity index (χ3n) is 3.61. The van der Waals surface area contributed by atoms with Gasteiger partial charge < -0.3 is 5.32 Å². The van der Waals surface area contributed by atoms with Crippen molar-refractivity contribution in [2.75, 3.05) is 5.32 Å². The quantitative estimate of drug-likeness (QED) is 0.818. The number of carbonyl (C=O) groups is 1. The second kappa shape index (κ2) is 5.54. The van der Waals surface area contributed by atoms with Crippen molar-refractivity contribution in [3.63, 3.8) is 0 Å². The van der Waals surface area contributed by atoms with E-state index in [0.29, 0.717) is 11.6 Å². The van der Waals surface area contributed by atoms with E-state index in [9.17, 15) is 4.79 Å². The first-order valence-corrected chi connectivity index (χ1v) is 6.61. The summed E-state index contributed by atoms with van der Waals surface area (Å²) in [6, 6.07) is 7.86. The van der Waals surface area contributed by atoms with Gasteiger partial charge in [-0.25, -0.2) is 0 Å². The lowest BCUT2D eigenvalue weighted by Crippen LogP contribution is -2.23. The van der Waals surface area contributed by atoms with Crippen LogP contribution >= 0.6 is 11.6 Å². The Morgan fingerprint density at radius 3 is 2.41 bits per heavy atom. The van der Waals surface area contributed by atoms with Crippen LogP contribution in [-0.4, -0.2) is 11.3 Å². The molecular formula is C14H18ClNO. The summed E-state index contributed by atoms with van der Waals surface area (Å²) in [7, 11) is 0. The first-order chi connectivity index (χ1) is 8.16. The van der Waals surface area contributed by atoms with Gasteiger partial charge in [0.05, 0.1) is 0 Å². The number of anilines is 1. The Morgan fingerprint density at radius 2 is 1.88 bits per heavy atom.